The fourth-order valence-corrected chi connectivity index (χ4v) is 2.32. The average molecular weight is 286 g/mol. The molecular weight excluding hydrogens is 268 g/mol. The van der Waals surface area contributed by atoms with E-state index in [1.165, 1.54) is 16.7 Å². The van der Waals surface area contributed by atoms with Crippen LogP contribution in [0.15, 0.2) is 91.0 Å². The maximum absolute atomic E-state index is 5.34. The van der Waals surface area contributed by atoms with Crippen molar-refractivity contribution in [3.63, 3.8) is 0 Å². The molecule has 0 atom stereocenters. The quantitative estimate of drug-likeness (QED) is 0.578. The van der Waals surface area contributed by atoms with Crippen molar-refractivity contribution in [1.29, 1.82) is 0 Å². The SMILES string of the molecule is C1=Cc2ccccc2OC1.c1ccc(-c2ccccc2)cc1. The van der Waals surface area contributed by atoms with Crippen LogP contribution in [0.3, 0.4) is 0 Å². The van der Waals surface area contributed by atoms with E-state index in [-0.39, 0.29) is 0 Å². The zero-order chi connectivity index (χ0) is 15.0. The van der Waals surface area contributed by atoms with Crippen molar-refractivity contribution >= 4 is 6.08 Å². The zero-order valence-electron chi connectivity index (χ0n) is 12.4. The Bertz CT molecular complexity index is 693. The number of hydrogen-bond acceptors (Lipinski definition) is 1. The molecule has 0 aliphatic carbocycles. The number of rotatable bonds is 1. The molecule has 108 valence electrons. The van der Waals surface area contributed by atoms with Crippen LogP contribution in [0.2, 0.25) is 0 Å². The Morgan fingerprint density at radius 3 is 1.73 bits per heavy atom. The topological polar surface area (TPSA) is 9.23 Å². The highest BCUT2D eigenvalue weighted by molar-refractivity contribution is 5.62. The zero-order valence-corrected chi connectivity index (χ0v) is 12.4. The van der Waals surface area contributed by atoms with Gasteiger partial charge in [0.15, 0.2) is 0 Å². The minimum absolute atomic E-state index is 0.705. The molecule has 0 bridgehead atoms. The first-order valence-electron chi connectivity index (χ1n) is 7.42. The summed E-state index contributed by atoms with van der Waals surface area (Å²) >= 11 is 0. The Balaban J connectivity index is 0.000000133. The van der Waals surface area contributed by atoms with Crippen LogP contribution >= 0.6 is 0 Å². The van der Waals surface area contributed by atoms with E-state index < -0.39 is 0 Å². The summed E-state index contributed by atoms with van der Waals surface area (Å²) in [6.45, 7) is 0.705. The summed E-state index contributed by atoms with van der Waals surface area (Å²) in [7, 11) is 0. The molecule has 1 heteroatoms. The normalized spacial score (nSPS) is 11.6. The Kier molecular flexibility index (Phi) is 4.68. The van der Waals surface area contributed by atoms with E-state index in [2.05, 4.69) is 54.6 Å². The molecule has 1 aliphatic rings. The van der Waals surface area contributed by atoms with Crippen LogP contribution in [0.25, 0.3) is 17.2 Å². The molecule has 0 fully saturated rings. The third-order valence-corrected chi connectivity index (χ3v) is 3.43. The van der Waals surface area contributed by atoms with Gasteiger partial charge in [0.2, 0.25) is 0 Å². The van der Waals surface area contributed by atoms with Gasteiger partial charge in [-0.05, 0) is 23.3 Å². The first-order chi connectivity index (χ1) is 10.9. The molecule has 22 heavy (non-hydrogen) atoms. The average Bonchev–Trinajstić information content (AvgIpc) is 2.64. The van der Waals surface area contributed by atoms with Gasteiger partial charge in [-0.2, -0.15) is 0 Å². The van der Waals surface area contributed by atoms with Crippen molar-refractivity contribution in [2.24, 2.45) is 0 Å². The van der Waals surface area contributed by atoms with Crippen LogP contribution < -0.4 is 4.74 Å². The van der Waals surface area contributed by atoms with Gasteiger partial charge in [0, 0.05) is 5.56 Å². The molecule has 1 aliphatic heterocycles. The standard InChI is InChI=1S/C12H10.C9H8O/c1-3-7-11(8-4-1)12-9-5-2-6-10-12;1-2-6-9-8(4-1)5-3-7-10-9/h1-10H;1-6H,7H2. The van der Waals surface area contributed by atoms with E-state index in [0.717, 1.165) is 5.75 Å². The van der Waals surface area contributed by atoms with E-state index >= 15 is 0 Å². The highest BCUT2D eigenvalue weighted by Gasteiger charge is 2.01. The second-order valence-electron chi connectivity index (χ2n) is 4.98. The molecule has 0 radical (unpaired) electrons. The first-order valence-corrected chi connectivity index (χ1v) is 7.42. The van der Waals surface area contributed by atoms with Gasteiger partial charge in [0.05, 0.1) is 0 Å². The van der Waals surface area contributed by atoms with Gasteiger partial charge in [-0.3, -0.25) is 0 Å². The summed E-state index contributed by atoms with van der Waals surface area (Å²) in [6.07, 6.45) is 4.10. The van der Waals surface area contributed by atoms with Gasteiger partial charge in [-0.1, -0.05) is 84.9 Å². The smallest absolute Gasteiger partial charge is 0.126 e. The molecule has 0 aromatic heterocycles. The molecule has 0 spiro atoms. The van der Waals surface area contributed by atoms with Crippen LogP contribution in [0.4, 0.5) is 0 Å². The maximum Gasteiger partial charge on any atom is 0.126 e. The summed E-state index contributed by atoms with van der Waals surface area (Å²) < 4.78 is 5.34. The molecule has 1 nitrogen and oxygen atoms in total. The van der Waals surface area contributed by atoms with Gasteiger partial charge in [0.25, 0.3) is 0 Å². The second kappa shape index (κ2) is 7.28. The van der Waals surface area contributed by atoms with Gasteiger partial charge in [-0.15, -0.1) is 0 Å². The molecule has 4 rings (SSSR count). The molecule has 0 amide bonds. The van der Waals surface area contributed by atoms with Crippen LogP contribution in [-0.4, -0.2) is 6.61 Å². The Morgan fingerprint density at radius 2 is 1.14 bits per heavy atom. The van der Waals surface area contributed by atoms with Crippen molar-refractivity contribution in [1.82, 2.24) is 0 Å². The lowest BCUT2D eigenvalue weighted by molar-refractivity contribution is 0.358. The second-order valence-corrected chi connectivity index (χ2v) is 4.98. The molecule has 0 saturated heterocycles. The number of ether oxygens (including phenoxy) is 1. The molecule has 1 heterocycles. The number of benzene rings is 3. The predicted molar refractivity (Wildman–Crippen MR) is 92.8 cm³/mol. The van der Waals surface area contributed by atoms with Crippen molar-refractivity contribution in [2.75, 3.05) is 6.61 Å². The third-order valence-electron chi connectivity index (χ3n) is 3.43. The minimum Gasteiger partial charge on any atom is -0.489 e. The lowest BCUT2D eigenvalue weighted by Gasteiger charge is -2.10. The molecule has 0 saturated carbocycles. The van der Waals surface area contributed by atoms with Crippen LogP contribution in [-0.2, 0) is 0 Å². The van der Waals surface area contributed by atoms with E-state index in [0.29, 0.717) is 6.61 Å². The Morgan fingerprint density at radius 1 is 0.591 bits per heavy atom. The van der Waals surface area contributed by atoms with E-state index in [1.807, 2.05) is 42.5 Å². The van der Waals surface area contributed by atoms with Gasteiger partial charge in [0.1, 0.15) is 12.4 Å². The van der Waals surface area contributed by atoms with Gasteiger partial charge >= 0.3 is 0 Å². The minimum atomic E-state index is 0.705. The van der Waals surface area contributed by atoms with Crippen molar-refractivity contribution in [2.45, 2.75) is 0 Å². The first kappa shape index (κ1) is 14.2. The van der Waals surface area contributed by atoms with Crippen molar-refractivity contribution in [3.05, 3.63) is 96.6 Å². The van der Waals surface area contributed by atoms with Crippen molar-refractivity contribution < 1.29 is 4.74 Å². The van der Waals surface area contributed by atoms with Gasteiger partial charge in [-0.25, -0.2) is 0 Å². The molecule has 3 aromatic rings. The summed E-state index contributed by atoms with van der Waals surface area (Å²) in [5.74, 6) is 0.991. The molecule has 0 N–H and O–H groups in total. The number of para-hydroxylation sites is 1. The van der Waals surface area contributed by atoms with Gasteiger partial charge < -0.3 is 4.74 Å². The van der Waals surface area contributed by atoms with Crippen LogP contribution in [0, 0.1) is 0 Å². The van der Waals surface area contributed by atoms with E-state index in [4.69, 9.17) is 4.74 Å². The lowest BCUT2D eigenvalue weighted by atomic mass is 10.1. The summed E-state index contributed by atoms with van der Waals surface area (Å²) in [6, 6.07) is 28.8. The Hall–Kier alpha value is -2.80. The predicted octanol–water partition coefficient (Wildman–Crippen LogP) is 5.45. The summed E-state index contributed by atoms with van der Waals surface area (Å²) in [4.78, 5) is 0. The number of hydrogen-bond donors (Lipinski definition) is 0. The highest BCUT2D eigenvalue weighted by atomic mass is 16.5. The fourth-order valence-electron chi connectivity index (χ4n) is 2.32. The maximum atomic E-state index is 5.34. The van der Waals surface area contributed by atoms with Crippen LogP contribution in [0.5, 0.6) is 5.75 Å². The molecule has 3 aromatic carbocycles. The molecular formula is C21H18O. The molecule has 0 unspecified atom stereocenters. The largest absolute Gasteiger partial charge is 0.489 e. The highest BCUT2D eigenvalue weighted by Crippen LogP contribution is 2.21. The Labute approximate surface area is 131 Å². The fraction of sp³-hybridized carbons (Fsp3) is 0.0476. The van der Waals surface area contributed by atoms with Crippen LogP contribution in [0.1, 0.15) is 5.56 Å². The summed E-state index contributed by atoms with van der Waals surface area (Å²) in [5.41, 5.74) is 3.73. The third kappa shape index (κ3) is 3.64. The monoisotopic (exact) mass is 286 g/mol. The van der Waals surface area contributed by atoms with E-state index in [1.54, 1.807) is 0 Å². The van der Waals surface area contributed by atoms with Crippen molar-refractivity contribution in [3.8, 4) is 16.9 Å². The van der Waals surface area contributed by atoms with E-state index in [9.17, 15) is 0 Å². The lowest BCUT2D eigenvalue weighted by Crippen LogP contribution is -1.98. The number of fused-ring (bicyclic) bond motifs is 1. The summed E-state index contributed by atoms with van der Waals surface area (Å²) in [5, 5.41) is 0.